The minimum atomic E-state index is -0.919. The lowest BCUT2D eigenvalue weighted by molar-refractivity contribution is -0.136. The van der Waals surface area contributed by atoms with Crippen molar-refractivity contribution >= 4 is 35.0 Å². The van der Waals surface area contributed by atoms with Gasteiger partial charge in [0.1, 0.15) is 0 Å². The van der Waals surface area contributed by atoms with Gasteiger partial charge < -0.3 is 10.4 Å². The molecule has 36 heavy (non-hydrogen) atoms. The number of nitrogens with one attached hydrogen (secondary N) is 1. The molecule has 1 aromatic heterocycles. The third kappa shape index (κ3) is 7.01. The maximum atomic E-state index is 12.4. The van der Waals surface area contributed by atoms with Crippen LogP contribution in [0.2, 0.25) is 0 Å². The van der Waals surface area contributed by atoms with Gasteiger partial charge in [-0.1, -0.05) is 58.9 Å². The average molecular weight is 524 g/mol. The predicted molar refractivity (Wildman–Crippen MR) is 152 cm³/mol. The van der Waals surface area contributed by atoms with Crippen molar-refractivity contribution in [3.8, 4) is 11.1 Å². The largest absolute Gasteiger partial charge is 0.481 e. The van der Waals surface area contributed by atoms with Crippen LogP contribution in [0.1, 0.15) is 77.5 Å². The summed E-state index contributed by atoms with van der Waals surface area (Å²) in [4.78, 5) is 26.1. The minimum Gasteiger partial charge on any atom is -0.481 e. The lowest BCUT2D eigenvalue weighted by Crippen LogP contribution is -2.25. The van der Waals surface area contributed by atoms with Crippen LogP contribution in [0.3, 0.4) is 0 Å². The summed E-state index contributed by atoms with van der Waals surface area (Å²) >= 11 is 3.32. The number of carboxylic acids is 1. The molecule has 3 aromatic rings. The van der Waals surface area contributed by atoms with Crippen molar-refractivity contribution in [1.29, 1.82) is 0 Å². The molecule has 1 atom stereocenters. The van der Waals surface area contributed by atoms with E-state index in [1.54, 1.807) is 0 Å². The van der Waals surface area contributed by atoms with Crippen LogP contribution in [0, 0.1) is 19.8 Å². The summed E-state index contributed by atoms with van der Waals surface area (Å²) in [5.41, 5.74) is 6.51. The van der Waals surface area contributed by atoms with E-state index in [0.717, 1.165) is 4.88 Å². The van der Waals surface area contributed by atoms with Crippen LogP contribution in [0.25, 0.3) is 11.1 Å². The van der Waals surface area contributed by atoms with Crippen molar-refractivity contribution in [3.63, 3.8) is 0 Å². The van der Waals surface area contributed by atoms with Gasteiger partial charge in [-0.3, -0.25) is 9.59 Å². The molecule has 3 rings (SSSR count). The van der Waals surface area contributed by atoms with E-state index in [1.165, 1.54) is 44.0 Å². The molecule has 0 aliphatic carbocycles. The number of carbonyl (C=O) groups is 2. The van der Waals surface area contributed by atoms with Gasteiger partial charge in [0, 0.05) is 21.6 Å². The summed E-state index contributed by atoms with van der Waals surface area (Å²) in [7, 11) is 0. The molecular formula is C30H37NO3S2. The maximum absolute atomic E-state index is 12.4. The molecule has 0 saturated heterocycles. The predicted octanol–water partition coefficient (Wildman–Crippen LogP) is 8.02. The Morgan fingerprint density at radius 2 is 1.61 bits per heavy atom. The molecule has 0 unspecified atom stereocenters. The van der Waals surface area contributed by atoms with Gasteiger partial charge in [0.15, 0.2) is 0 Å². The maximum Gasteiger partial charge on any atom is 0.305 e. The van der Waals surface area contributed by atoms with E-state index >= 15 is 0 Å². The number of benzene rings is 2. The van der Waals surface area contributed by atoms with Gasteiger partial charge in [-0.15, -0.1) is 23.1 Å². The smallest absolute Gasteiger partial charge is 0.305 e. The first-order valence-corrected chi connectivity index (χ1v) is 14.0. The number of thiophene rings is 1. The highest BCUT2D eigenvalue weighted by atomic mass is 32.2. The Bertz CT molecular complexity index is 1200. The van der Waals surface area contributed by atoms with Gasteiger partial charge >= 0.3 is 5.97 Å². The molecule has 0 aliphatic heterocycles. The number of hydrogen-bond acceptors (Lipinski definition) is 4. The Balaban J connectivity index is 1.80. The average Bonchev–Trinajstić information content (AvgIpc) is 3.26. The van der Waals surface area contributed by atoms with Crippen LogP contribution in [-0.2, 0) is 10.2 Å². The minimum absolute atomic E-state index is 0.0795. The number of aryl methyl sites for hydroxylation is 2. The quantitative estimate of drug-likeness (QED) is 0.279. The molecule has 1 heterocycles. The molecule has 4 nitrogen and oxygen atoms in total. The summed E-state index contributed by atoms with van der Waals surface area (Å²) in [6.07, 6.45) is -0.0795. The van der Waals surface area contributed by atoms with E-state index in [-0.39, 0.29) is 29.5 Å². The van der Waals surface area contributed by atoms with E-state index in [4.69, 9.17) is 5.11 Å². The van der Waals surface area contributed by atoms with Gasteiger partial charge in [0.25, 0.3) is 5.91 Å². The van der Waals surface area contributed by atoms with Crippen molar-refractivity contribution in [1.82, 2.24) is 5.32 Å². The highest BCUT2D eigenvalue weighted by molar-refractivity contribution is 7.99. The second-order valence-corrected chi connectivity index (χ2v) is 13.0. The van der Waals surface area contributed by atoms with Crippen LogP contribution in [0.5, 0.6) is 0 Å². The first-order chi connectivity index (χ1) is 16.9. The Morgan fingerprint density at radius 1 is 1.00 bits per heavy atom. The molecule has 2 aromatic carbocycles. The normalized spacial score (nSPS) is 12.6. The monoisotopic (exact) mass is 523 g/mol. The highest BCUT2D eigenvalue weighted by Gasteiger charge is 2.22. The van der Waals surface area contributed by atoms with Crippen molar-refractivity contribution in [2.75, 3.05) is 6.54 Å². The number of amides is 1. The zero-order chi connectivity index (χ0) is 26.6. The lowest BCUT2D eigenvalue weighted by atomic mass is 9.85. The van der Waals surface area contributed by atoms with Crippen molar-refractivity contribution < 1.29 is 14.7 Å². The summed E-state index contributed by atoms with van der Waals surface area (Å²) in [5, 5.41) is 11.7. The number of thioether (sulfide) groups is 1. The highest BCUT2D eigenvalue weighted by Crippen LogP contribution is 2.45. The van der Waals surface area contributed by atoms with Crippen LogP contribution < -0.4 is 5.32 Å². The molecule has 0 aliphatic rings. The van der Waals surface area contributed by atoms with E-state index in [0.29, 0.717) is 10.8 Å². The summed E-state index contributed by atoms with van der Waals surface area (Å²) in [6.45, 7) is 15.6. The van der Waals surface area contributed by atoms with Crippen molar-refractivity contribution in [3.05, 3.63) is 75.0 Å². The van der Waals surface area contributed by atoms with Crippen LogP contribution in [0.15, 0.2) is 53.4 Å². The second kappa shape index (κ2) is 11.7. The molecular weight excluding hydrogens is 486 g/mol. The molecule has 192 valence electrons. The summed E-state index contributed by atoms with van der Waals surface area (Å²) in [6, 6.07) is 17.3. The number of carboxylic acid groups (broad SMARTS) is 1. The molecule has 2 N–H and O–H groups in total. The number of rotatable bonds is 9. The Morgan fingerprint density at radius 3 is 2.14 bits per heavy atom. The van der Waals surface area contributed by atoms with Gasteiger partial charge in [0.2, 0.25) is 0 Å². The van der Waals surface area contributed by atoms with Crippen LogP contribution in [-0.4, -0.2) is 23.5 Å². The van der Waals surface area contributed by atoms with Gasteiger partial charge in [-0.25, -0.2) is 0 Å². The summed E-state index contributed by atoms with van der Waals surface area (Å²) in [5.74, 6) is -0.757. The molecule has 0 spiro atoms. The third-order valence-corrected chi connectivity index (χ3v) is 9.05. The molecule has 0 fully saturated rings. The SMILES string of the molecule is Cc1cc(S[C@@H](c2ccc(C(=O)NCCC(=O)O)s2)C(C)C)cc(C)c1-c1ccc(C(C)(C)C)cc1. The number of carbonyl (C=O) groups excluding carboxylic acids is 1. The zero-order valence-corrected chi connectivity index (χ0v) is 23.9. The van der Waals surface area contributed by atoms with Crippen molar-refractivity contribution in [2.24, 2.45) is 5.92 Å². The lowest BCUT2D eigenvalue weighted by Gasteiger charge is -2.22. The Labute approximate surface area is 223 Å². The van der Waals surface area contributed by atoms with Gasteiger partial charge in [0.05, 0.1) is 11.3 Å². The molecule has 1 amide bonds. The number of aliphatic carboxylic acids is 1. The van der Waals surface area contributed by atoms with Crippen molar-refractivity contribution in [2.45, 2.75) is 70.4 Å². The van der Waals surface area contributed by atoms with Crippen LogP contribution in [0.4, 0.5) is 0 Å². The second-order valence-electron chi connectivity index (χ2n) is 10.6. The first-order valence-electron chi connectivity index (χ1n) is 12.4. The van der Waals surface area contributed by atoms with Gasteiger partial charge in [-0.05, 0) is 77.3 Å². The summed E-state index contributed by atoms with van der Waals surface area (Å²) < 4.78 is 0. The fourth-order valence-electron chi connectivity index (χ4n) is 4.25. The van der Waals surface area contributed by atoms with E-state index in [9.17, 15) is 9.59 Å². The Hall–Kier alpha value is -2.57. The zero-order valence-electron chi connectivity index (χ0n) is 22.3. The third-order valence-electron chi connectivity index (χ3n) is 6.17. The molecule has 0 radical (unpaired) electrons. The topological polar surface area (TPSA) is 66.4 Å². The van der Waals surface area contributed by atoms with E-state index in [2.05, 4.69) is 90.2 Å². The van der Waals surface area contributed by atoms with Crippen LogP contribution >= 0.6 is 23.1 Å². The number of hydrogen-bond donors (Lipinski definition) is 2. The molecule has 0 bridgehead atoms. The standard InChI is InChI=1S/C30H37NO3S2/c1-18(2)28(24-12-13-25(36-24)29(34)31-15-14-26(32)33)35-23-16-19(3)27(20(4)17-23)21-8-10-22(11-9-21)30(5,6)7/h8-13,16-18,28H,14-15H2,1-7H3,(H,31,34)(H,32,33)/t28-/m1/s1. The molecule has 6 heteroatoms. The molecule has 0 saturated carbocycles. The Kier molecular flexibility index (Phi) is 9.07. The van der Waals surface area contributed by atoms with E-state index < -0.39 is 5.97 Å². The fourth-order valence-corrected chi connectivity index (χ4v) is 6.87. The first kappa shape index (κ1) is 28.0. The van der Waals surface area contributed by atoms with Gasteiger partial charge in [-0.2, -0.15) is 0 Å². The fraction of sp³-hybridized carbons (Fsp3) is 0.400. The van der Waals surface area contributed by atoms with E-state index in [1.807, 2.05) is 23.9 Å².